The largest absolute Gasteiger partial charge is 0.352 e. The summed E-state index contributed by atoms with van der Waals surface area (Å²) in [4.78, 5) is 35.3. The van der Waals surface area contributed by atoms with Crippen molar-refractivity contribution in [2.24, 2.45) is 0 Å². The number of hydrogen-bond donors (Lipinski definition) is 3. The van der Waals surface area contributed by atoms with Crippen LogP contribution >= 0.6 is 15.9 Å². The maximum Gasteiger partial charge on any atom is 0.269 e. The third-order valence-electron chi connectivity index (χ3n) is 3.10. The van der Waals surface area contributed by atoms with Crippen molar-refractivity contribution in [3.63, 3.8) is 0 Å². The van der Waals surface area contributed by atoms with E-state index in [0.29, 0.717) is 11.1 Å². The van der Waals surface area contributed by atoms with Crippen LogP contribution < -0.4 is 16.2 Å². The van der Waals surface area contributed by atoms with E-state index >= 15 is 0 Å². The van der Waals surface area contributed by atoms with E-state index in [4.69, 9.17) is 0 Å². The lowest BCUT2D eigenvalue weighted by Crippen LogP contribution is -2.42. The summed E-state index contributed by atoms with van der Waals surface area (Å²) in [5.41, 5.74) is 5.58. The zero-order valence-corrected chi connectivity index (χ0v) is 14.3. The highest BCUT2D eigenvalue weighted by Gasteiger charge is 2.08. The molecule has 0 radical (unpaired) electrons. The maximum absolute atomic E-state index is 11.8. The van der Waals surface area contributed by atoms with Crippen molar-refractivity contribution in [3.05, 3.63) is 70.2 Å². The highest BCUT2D eigenvalue weighted by molar-refractivity contribution is 9.10. The fraction of sp³-hybridized carbons (Fsp3) is 0.118. The Morgan fingerprint density at radius 3 is 2.08 bits per heavy atom. The molecular formula is C17H16BrN3O3. The summed E-state index contributed by atoms with van der Waals surface area (Å²) in [7, 11) is 0. The van der Waals surface area contributed by atoms with Gasteiger partial charge in [0, 0.05) is 28.6 Å². The molecule has 0 spiro atoms. The third-order valence-corrected chi connectivity index (χ3v) is 3.62. The van der Waals surface area contributed by atoms with Crippen LogP contribution in [0.4, 0.5) is 0 Å². The van der Waals surface area contributed by atoms with Gasteiger partial charge in [-0.15, -0.1) is 0 Å². The molecule has 7 heteroatoms. The molecule has 124 valence electrons. The lowest BCUT2D eigenvalue weighted by Gasteiger charge is -2.08. The normalized spacial score (nSPS) is 9.88. The summed E-state index contributed by atoms with van der Waals surface area (Å²) >= 11 is 3.28. The van der Waals surface area contributed by atoms with E-state index in [0.717, 1.165) is 4.47 Å². The van der Waals surface area contributed by atoms with Crippen molar-refractivity contribution in [3.8, 4) is 0 Å². The molecule has 0 saturated carbocycles. The Hall–Kier alpha value is -2.67. The summed E-state index contributed by atoms with van der Waals surface area (Å²) in [6, 6.07) is 15.4. The number of benzene rings is 2. The summed E-state index contributed by atoms with van der Waals surface area (Å²) in [6.45, 7) is 0.174. The van der Waals surface area contributed by atoms with E-state index in [1.165, 1.54) is 0 Å². The molecule has 0 aliphatic heterocycles. The molecule has 0 aliphatic carbocycles. The molecule has 0 bridgehead atoms. The molecule has 3 amide bonds. The van der Waals surface area contributed by atoms with Crippen molar-refractivity contribution in [2.75, 3.05) is 6.54 Å². The molecule has 2 aromatic carbocycles. The third kappa shape index (κ3) is 5.51. The molecule has 0 aliphatic rings. The Kier molecular flexibility index (Phi) is 6.51. The van der Waals surface area contributed by atoms with E-state index in [1.807, 2.05) is 6.07 Å². The van der Waals surface area contributed by atoms with Gasteiger partial charge in [-0.1, -0.05) is 34.1 Å². The summed E-state index contributed by atoms with van der Waals surface area (Å²) in [5.74, 6) is -1.06. The highest BCUT2D eigenvalue weighted by atomic mass is 79.9. The minimum Gasteiger partial charge on any atom is -0.352 e. The molecule has 2 rings (SSSR count). The minimum atomic E-state index is -0.413. The monoisotopic (exact) mass is 389 g/mol. The average molecular weight is 390 g/mol. The van der Waals surface area contributed by atoms with E-state index < -0.39 is 11.8 Å². The minimum absolute atomic E-state index is 0.0548. The second kappa shape index (κ2) is 8.83. The molecule has 24 heavy (non-hydrogen) atoms. The van der Waals surface area contributed by atoms with Gasteiger partial charge in [-0.3, -0.25) is 25.2 Å². The Balaban J connectivity index is 1.69. The molecular weight excluding hydrogens is 374 g/mol. The van der Waals surface area contributed by atoms with Crippen LogP contribution in [0.15, 0.2) is 59.1 Å². The fourth-order valence-corrected chi connectivity index (χ4v) is 2.11. The Morgan fingerprint density at radius 1 is 0.792 bits per heavy atom. The van der Waals surface area contributed by atoms with E-state index in [-0.39, 0.29) is 18.9 Å². The van der Waals surface area contributed by atoms with Gasteiger partial charge < -0.3 is 5.32 Å². The van der Waals surface area contributed by atoms with Gasteiger partial charge in [0.2, 0.25) is 5.91 Å². The lowest BCUT2D eigenvalue weighted by molar-refractivity contribution is -0.121. The first-order valence-electron chi connectivity index (χ1n) is 7.24. The van der Waals surface area contributed by atoms with Crippen molar-refractivity contribution in [1.29, 1.82) is 0 Å². The first kappa shape index (κ1) is 17.7. The second-order valence-corrected chi connectivity index (χ2v) is 5.80. The number of nitrogens with one attached hydrogen (secondary N) is 3. The van der Waals surface area contributed by atoms with Gasteiger partial charge in [0.15, 0.2) is 0 Å². The van der Waals surface area contributed by atoms with Crippen LogP contribution in [0.2, 0.25) is 0 Å². The van der Waals surface area contributed by atoms with Gasteiger partial charge in [0.1, 0.15) is 0 Å². The van der Waals surface area contributed by atoms with Crippen molar-refractivity contribution >= 4 is 33.7 Å². The number of hydrogen-bond acceptors (Lipinski definition) is 3. The molecule has 0 saturated heterocycles. The zero-order valence-electron chi connectivity index (χ0n) is 12.7. The molecule has 0 fully saturated rings. The van der Waals surface area contributed by atoms with Crippen LogP contribution in [0.5, 0.6) is 0 Å². The zero-order chi connectivity index (χ0) is 17.4. The van der Waals surface area contributed by atoms with Crippen LogP contribution in [0.1, 0.15) is 27.1 Å². The summed E-state index contributed by atoms with van der Waals surface area (Å²) < 4.78 is 0.859. The standard InChI is InChI=1S/C17H16BrN3O3/c18-14-8-6-13(7-9-14)17(24)21-20-15(22)10-11-19-16(23)12-4-2-1-3-5-12/h1-9H,10-11H2,(H,19,23)(H,20,22)(H,21,24). The number of amides is 3. The number of carbonyl (C=O) groups is 3. The van der Waals surface area contributed by atoms with E-state index in [1.54, 1.807) is 48.5 Å². The van der Waals surface area contributed by atoms with E-state index in [2.05, 4.69) is 32.1 Å². The van der Waals surface area contributed by atoms with Crippen LogP contribution in [-0.4, -0.2) is 24.3 Å². The van der Waals surface area contributed by atoms with Crippen LogP contribution in [-0.2, 0) is 4.79 Å². The first-order valence-corrected chi connectivity index (χ1v) is 8.03. The van der Waals surface area contributed by atoms with Gasteiger partial charge in [-0.2, -0.15) is 0 Å². The quantitative estimate of drug-likeness (QED) is 0.683. The Labute approximate surface area is 147 Å². The number of carbonyl (C=O) groups excluding carboxylic acids is 3. The Morgan fingerprint density at radius 2 is 1.42 bits per heavy atom. The second-order valence-electron chi connectivity index (χ2n) is 4.88. The number of halogens is 1. The number of hydrazine groups is 1. The van der Waals surface area contributed by atoms with Crippen molar-refractivity contribution in [1.82, 2.24) is 16.2 Å². The van der Waals surface area contributed by atoms with Gasteiger partial charge in [-0.25, -0.2) is 0 Å². The van der Waals surface area contributed by atoms with Gasteiger partial charge in [0.05, 0.1) is 0 Å². The molecule has 0 atom stereocenters. The maximum atomic E-state index is 11.8. The molecule has 2 aromatic rings. The number of rotatable bonds is 5. The highest BCUT2D eigenvalue weighted by Crippen LogP contribution is 2.10. The smallest absolute Gasteiger partial charge is 0.269 e. The summed E-state index contributed by atoms with van der Waals surface area (Å²) in [5, 5.41) is 2.64. The van der Waals surface area contributed by atoms with Crippen molar-refractivity contribution < 1.29 is 14.4 Å². The molecule has 6 nitrogen and oxygen atoms in total. The van der Waals surface area contributed by atoms with Gasteiger partial charge in [0.25, 0.3) is 11.8 Å². The molecule has 0 aromatic heterocycles. The SMILES string of the molecule is O=C(CCNC(=O)c1ccccc1)NNC(=O)c1ccc(Br)cc1. The predicted molar refractivity (Wildman–Crippen MR) is 93.1 cm³/mol. The van der Waals surface area contributed by atoms with Gasteiger partial charge >= 0.3 is 0 Å². The summed E-state index contributed by atoms with van der Waals surface area (Å²) in [6.07, 6.45) is 0.0548. The van der Waals surface area contributed by atoms with E-state index in [9.17, 15) is 14.4 Å². The van der Waals surface area contributed by atoms with Crippen LogP contribution in [0.3, 0.4) is 0 Å². The molecule has 3 N–H and O–H groups in total. The van der Waals surface area contributed by atoms with Crippen molar-refractivity contribution in [2.45, 2.75) is 6.42 Å². The van der Waals surface area contributed by atoms with Crippen LogP contribution in [0.25, 0.3) is 0 Å². The predicted octanol–water partition coefficient (Wildman–Crippen LogP) is 2.03. The van der Waals surface area contributed by atoms with Gasteiger partial charge in [-0.05, 0) is 36.4 Å². The molecule has 0 unspecified atom stereocenters. The molecule has 0 heterocycles. The Bertz CT molecular complexity index is 718. The first-order chi connectivity index (χ1) is 11.6. The van der Waals surface area contributed by atoms with Crippen LogP contribution in [0, 0.1) is 0 Å². The fourth-order valence-electron chi connectivity index (χ4n) is 1.84. The topological polar surface area (TPSA) is 87.3 Å². The average Bonchev–Trinajstić information content (AvgIpc) is 2.61. The lowest BCUT2D eigenvalue weighted by atomic mass is 10.2.